The number of hydrogen-bond acceptors (Lipinski definition) is 2. The van der Waals surface area contributed by atoms with Gasteiger partial charge in [0.2, 0.25) is 0 Å². The smallest absolute Gasteiger partial charge is 0.0962 e. The fraction of sp³-hybridized carbons (Fsp3) is 0.923. The second-order valence-electron chi connectivity index (χ2n) is 4.79. The third kappa shape index (κ3) is 5.90. The van der Waals surface area contributed by atoms with Crippen LogP contribution in [0.5, 0.6) is 0 Å². The molecular weight excluding hydrogens is 218 g/mol. The first-order chi connectivity index (χ1) is 7.36. The first-order valence-electron chi connectivity index (χ1n) is 6.31. The molecule has 1 unspecified atom stereocenters. The highest BCUT2D eigenvalue weighted by Gasteiger charge is 2.17. The van der Waals surface area contributed by atoms with Crippen molar-refractivity contribution in [2.24, 2.45) is 4.40 Å². The second kappa shape index (κ2) is 7.33. The van der Waals surface area contributed by atoms with E-state index in [-0.39, 0.29) is 12.2 Å². The quantitative estimate of drug-likeness (QED) is 0.622. The Kier molecular flexibility index (Phi) is 7.32. The van der Waals surface area contributed by atoms with Crippen molar-refractivity contribution in [3.63, 3.8) is 0 Å². The van der Waals surface area contributed by atoms with Crippen LogP contribution in [0.1, 0.15) is 47.5 Å². The van der Waals surface area contributed by atoms with Crippen LogP contribution in [0.15, 0.2) is 4.40 Å². The topological polar surface area (TPSA) is 21.6 Å². The maximum atomic E-state index is 5.93. The van der Waals surface area contributed by atoms with Crippen molar-refractivity contribution < 1.29 is 4.74 Å². The zero-order valence-corrected chi connectivity index (χ0v) is 12.9. The molecule has 0 spiro atoms. The third-order valence-corrected chi connectivity index (χ3v) is 4.75. The van der Waals surface area contributed by atoms with Crippen LogP contribution in [0.25, 0.3) is 0 Å². The maximum absolute atomic E-state index is 5.93. The molecule has 0 N–H and O–H groups in total. The molecule has 2 nitrogen and oxygen atoms in total. The van der Waals surface area contributed by atoms with Gasteiger partial charge in [-0.25, -0.2) is 4.40 Å². The van der Waals surface area contributed by atoms with E-state index in [1.807, 2.05) is 0 Å². The number of hydrogen-bond donors (Lipinski definition) is 0. The van der Waals surface area contributed by atoms with Crippen molar-refractivity contribution in [3.05, 3.63) is 0 Å². The molecule has 0 rings (SSSR count). The third-order valence-electron chi connectivity index (χ3n) is 2.61. The van der Waals surface area contributed by atoms with Crippen LogP contribution in [0.2, 0.25) is 0 Å². The minimum Gasteiger partial charge on any atom is -0.370 e. The maximum Gasteiger partial charge on any atom is 0.0962 e. The Bertz CT molecular complexity index is 224. The van der Waals surface area contributed by atoms with E-state index in [2.05, 4.69) is 47.1 Å². The molecule has 0 fully saturated rings. The van der Waals surface area contributed by atoms with Gasteiger partial charge in [-0.1, -0.05) is 20.8 Å². The van der Waals surface area contributed by atoms with E-state index in [4.69, 9.17) is 9.13 Å². The van der Waals surface area contributed by atoms with Crippen LogP contribution in [-0.4, -0.2) is 36.2 Å². The van der Waals surface area contributed by atoms with E-state index in [1.165, 1.54) is 5.71 Å². The Morgan fingerprint density at radius 3 is 2.06 bits per heavy atom. The Morgan fingerprint density at radius 2 is 1.75 bits per heavy atom. The summed E-state index contributed by atoms with van der Waals surface area (Å²) in [7, 11) is -0.814. The molecule has 16 heavy (non-hydrogen) atoms. The van der Waals surface area contributed by atoms with Crippen LogP contribution in [-0.2, 0) is 4.74 Å². The van der Waals surface area contributed by atoms with Crippen LogP contribution in [0, 0.1) is 0 Å². The average molecular weight is 247 g/mol. The van der Waals surface area contributed by atoms with E-state index < -0.39 is 10.2 Å². The summed E-state index contributed by atoms with van der Waals surface area (Å²) in [6.07, 6.45) is 7.05. The SMILES string of the molecule is CCC(=NS(C)(C)CC)C(CC)OC(C)C. The molecule has 98 valence electrons. The van der Waals surface area contributed by atoms with Gasteiger partial charge in [-0.3, -0.25) is 0 Å². The van der Waals surface area contributed by atoms with Crippen LogP contribution in [0.3, 0.4) is 0 Å². The van der Waals surface area contributed by atoms with Gasteiger partial charge in [0.1, 0.15) is 0 Å². The Morgan fingerprint density at radius 1 is 1.19 bits per heavy atom. The van der Waals surface area contributed by atoms with E-state index in [0.717, 1.165) is 18.6 Å². The molecule has 0 aliphatic rings. The highest BCUT2D eigenvalue weighted by molar-refractivity contribution is 8.31. The highest BCUT2D eigenvalue weighted by atomic mass is 32.3. The molecule has 0 saturated heterocycles. The molecule has 1 atom stereocenters. The lowest BCUT2D eigenvalue weighted by Crippen LogP contribution is -2.26. The van der Waals surface area contributed by atoms with Crippen molar-refractivity contribution in [2.45, 2.75) is 59.7 Å². The van der Waals surface area contributed by atoms with Gasteiger partial charge in [0.25, 0.3) is 0 Å². The summed E-state index contributed by atoms with van der Waals surface area (Å²) in [5, 5.41) is 0. The summed E-state index contributed by atoms with van der Waals surface area (Å²) in [4.78, 5) is 0. The molecule has 0 bridgehead atoms. The zero-order chi connectivity index (χ0) is 12.8. The molecule has 3 heteroatoms. The molecule has 0 aliphatic carbocycles. The molecule has 0 aromatic heterocycles. The van der Waals surface area contributed by atoms with Crippen molar-refractivity contribution in [1.29, 1.82) is 0 Å². The molecular formula is C13H29NOS. The van der Waals surface area contributed by atoms with E-state index in [0.29, 0.717) is 0 Å². The van der Waals surface area contributed by atoms with Gasteiger partial charge >= 0.3 is 0 Å². The fourth-order valence-electron chi connectivity index (χ4n) is 1.47. The molecule has 0 radical (unpaired) electrons. The van der Waals surface area contributed by atoms with E-state index in [9.17, 15) is 0 Å². The summed E-state index contributed by atoms with van der Waals surface area (Å²) < 4.78 is 10.9. The zero-order valence-electron chi connectivity index (χ0n) is 12.0. The summed E-state index contributed by atoms with van der Waals surface area (Å²) in [6.45, 7) is 10.8. The molecule has 0 aromatic carbocycles. The van der Waals surface area contributed by atoms with E-state index in [1.54, 1.807) is 0 Å². The van der Waals surface area contributed by atoms with Crippen molar-refractivity contribution in [2.75, 3.05) is 18.3 Å². The second-order valence-corrected chi connectivity index (χ2v) is 8.51. The lowest BCUT2D eigenvalue weighted by Gasteiger charge is -2.28. The number of nitrogens with zero attached hydrogens (tertiary/aromatic N) is 1. The van der Waals surface area contributed by atoms with Crippen LogP contribution >= 0.6 is 10.2 Å². The summed E-state index contributed by atoms with van der Waals surface area (Å²) >= 11 is 0. The Balaban J connectivity index is 4.80. The van der Waals surface area contributed by atoms with Crippen molar-refractivity contribution in [1.82, 2.24) is 0 Å². The predicted octanol–water partition coefficient (Wildman–Crippen LogP) is 4.04. The fourth-order valence-corrected chi connectivity index (χ4v) is 2.48. The van der Waals surface area contributed by atoms with Gasteiger partial charge in [0.15, 0.2) is 0 Å². The molecule has 0 amide bonds. The standard InChI is InChI=1S/C13H29NOS/c1-8-12(14-16(6,7)10-3)13(9-2)15-11(4)5/h11,13H,8-10H2,1-7H3. The van der Waals surface area contributed by atoms with Gasteiger partial charge < -0.3 is 4.74 Å². The van der Waals surface area contributed by atoms with Gasteiger partial charge in [0, 0.05) is 0 Å². The minimum absolute atomic E-state index is 0.211. The van der Waals surface area contributed by atoms with Gasteiger partial charge in [-0.2, -0.15) is 10.2 Å². The van der Waals surface area contributed by atoms with Gasteiger partial charge in [-0.15, -0.1) is 0 Å². The van der Waals surface area contributed by atoms with E-state index >= 15 is 0 Å². The molecule has 0 aliphatic heterocycles. The number of ether oxygens (including phenoxy) is 1. The van der Waals surface area contributed by atoms with Crippen LogP contribution in [0.4, 0.5) is 0 Å². The first-order valence-corrected chi connectivity index (χ1v) is 8.88. The Labute approximate surface area is 103 Å². The monoisotopic (exact) mass is 247 g/mol. The molecule has 0 saturated carbocycles. The first kappa shape index (κ1) is 16.0. The largest absolute Gasteiger partial charge is 0.370 e. The van der Waals surface area contributed by atoms with Gasteiger partial charge in [-0.05, 0) is 45.0 Å². The minimum atomic E-state index is -0.814. The summed E-state index contributed by atoms with van der Waals surface area (Å²) in [5.74, 6) is 1.15. The summed E-state index contributed by atoms with van der Waals surface area (Å²) in [6, 6.07) is 0. The normalized spacial score (nSPS) is 16.6. The predicted molar refractivity (Wildman–Crippen MR) is 78.0 cm³/mol. The van der Waals surface area contributed by atoms with Crippen molar-refractivity contribution >= 4 is 15.9 Å². The lowest BCUT2D eigenvalue weighted by atomic mass is 10.1. The van der Waals surface area contributed by atoms with Crippen molar-refractivity contribution in [3.8, 4) is 0 Å². The average Bonchev–Trinajstić information content (AvgIpc) is 2.22. The number of rotatable bonds is 7. The summed E-state index contributed by atoms with van der Waals surface area (Å²) in [5.41, 5.74) is 1.25. The van der Waals surface area contributed by atoms with Crippen LogP contribution < -0.4 is 0 Å². The Hall–Kier alpha value is -0.0200. The van der Waals surface area contributed by atoms with Gasteiger partial charge in [0.05, 0.1) is 17.9 Å². The molecule has 0 aromatic rings. The highest BCUT2D eigenvalue weighted by Crippen LogP contribution is 2.41. The lowest BCUT2D eigenvalue weighted by molar-refractivity contribution is 0.0439. The molecule has 0 heterocycles.